The lowest BCUT2D eigenvalue weighted by Crippen LogP contribution is -2.25. The summed E-state index contributed by atoms with van der Waals surface area (Å²) in [6, 6.07) is 7.27. The average Bonchev–Trinajstić information content (AvgIpc) is 2.63. The van der Waals surface area contributed by atoms with Crippen molar-refractivity contribution in [1.29, 1.82) is 0 Å². The molecule has 0 fully saturated rings. The highest BCUT2D eigenvalue weighted by atomic mass is 16.5. The van der Waals surface area contributed by atoms with Crippen LogP contribution in [0, 0.1) is 6.92 Å². The molecule has 0 saturated carbocycles. The first-order valence-corrected chi connectivity index (χ1v) is 7.77. The third-order valence-electron chi connectivity index (χ3n) is 3.39. The summed E-state index contributed by atoms with van der Waals surface area (Å²) in [6.45, 7) is 6.25. The maximum absolute atomic E-state index is 12.0. The molecular formula is C18H22N4O3. The quantitative estimate of drug-likeness (QED) is 0.716. The molecule has 132 valence electrons. The molecule has 7 heteroatoms. The van der Waals surface area contributed by atoms with Gasteiger partial charge in [-0.3, -0.25) is 4.79 Å². The maximum atomic E-state index is 12.0. The number of rotatable bonds is 8. The van der Waals surface area contributed by atoms with Crippen LogP contribution < -0.4 is 20.1 Å². The van der Waals surface area contributed by atoms with E-state index in [1.807, 2.05) is 25.1 Å². The first-order chi connectivity index (χ1) is 12.1. The second-order valence-corrected chi connectivity index (χ2v) is 5.26. The van der Waals surface area contributed by atoms with Gasteiger partial charge in [0.05, 0.1) is 14.2 Å². The van der Waals surface area contributed by atoms with Gasteiger partial charge in [0.2, 0.25) is 5.95 Å². The third-order valence-corrected chi connectivity index (χ3v) is 3.39. The normalized spacial score (nSPS) is 10.0. The number of methoxy groups -OCH3 is 2. The van der Waals surface area contributed by atoms with E-state index in [2.05, 4.69) is 27.2 Å². The number of aryl methyl sites for hydroxylation is 1. The molecule has 7 nitrogen and oxygen atoms in total. The van der Waals surface area contributed by atoms with Crippen molar-refractivity contribution in [2.24, 2.45) is 0 Å². The van der Waals surface area contributed by atoms with Crippen molar-refractivity contribution in [2.45, 2.75) is 13.5 Å². The van der Waals surface area contributed by atoms with Crippen molar-refractivity contribution in [1.82, 2.24) is 15.3 Å². The fourth-order valence-corrected chi connectivity index (χ4v) is 2.19. The largest absolute Gasteiger partial charge is 0.493 e. The number of aromatic nitrogens is 2. The van der Waals surface area contributed by atoms with Gasteiger partial charge in [-0.1, -0.05) is 12.1 Å². The zero-order valence-electron chi connectivity index (χ0n) is 14.6. The summed E-state index contributed by atoms with van der Waals surface area (Å²) in [6.07, 6.45) is 1.61. The minimum atomic E-state index is -0.264. The first kappa shape index (κ1) is 18.3. The van der Waals surface area contributed by atoms with Crippen LogP contribution in [0.4, 0.5) is 5.95 Å². The topological polar surface area (TPSA) is 85.4 Å². The molecule has 0 aliphatic heterocycles. The van der Waals surface area contributed by atoms with Gasteiger partial charge in [0.1, 0.15) is 5.69 Å². The number of nitrogens with one attached hydrogen (secondary N) is 2. The zero-order chi connectivity index (χ0) is 18.2. The van der Waals surface area contributed by atoms with Gasteiger partial charge in [0.15, 0.2) is 11.5 Å². The van der Waals surface area contributed by atoms with Crippen molar-refractivity contribution in [2.75, 3.05) is 26.1 Å². The van der Waals surface area contributed by atoms with E-state index in [0.717, 1.165) is 5.56 Å². The van der Waals surface area contributed by atoms with Gasteiger partial charge >= 0.3 is 0 Å². The summed E-state index contributed by atoms with van der Waals surface area (Å²) in [5, 5.41) is 5.82. The molecule has 1 amide bonds. The highest BCUT2D eigenvalue weighted by molar-refractivity contribution is 5.92. The van der Waals surface area contributed by atoms with Gasteiger partial charge < -0.3 is 20.1 Å². The predicted molar refractivity (Wildman–Crippen MR) is 96.2 cm³/mol. The molecule has 0 bridgehead atoms. The Kier molecular flexibility index (Phi) is 6.33. The van der Waals surface area contributed by atoms with Crippen molar-refractivity contribution in [3.63, 3.8) is 0 Å². The summed E-state index contributed by atoms with van der Waals surface area (Å²) in [7, 11) is 3.18. The molecule has 1 aromatic carbocycles. The van der Waals surface area contributed by atoms with Crippen LogP contribution in [0.25, 0.3) is 0 Å². The number of hydrogen-bond acceptors (Lipinski definition) is 6. The summed E-state index contributed by atoms with van der Waals surface area (Å²) >= 11 is 0. The molecule has 0 spiro atoms. The van der Waals surface area contributed by atoms with Crippen molar-refractivity contribution in [3.8, 4) is 11.5 Å². The Morgan fingerprint density at radius 1 is 1.20 bits per heavy atom. The first-order valence-electron chi connectivity index (χ1n) is 7.77. The van der Waals surface area contributed by atoms with E-state index in [0.29, 0.717) is 41.9 Å². The highest BCUT2D eigenvalue weighted by Crippen LogP contribution is 2.27. The molecule has 25 heavy (non-hydrogen) atoms. The van der Waals surface area contributed by atoms with Crippen molar-refractivity contribution in [3.05, 3.63) is 53.9 Å². The summed E-state index contributed by atoms with van der Waals surface area (Å²) in [5.41, 5.74) is 1.98. The molecule has 2 rings (SSSR count). The number of ether oxygens (including phenoxy) is 2. The van der Waals surface area contributed by atoms with Crippen molar-refractivity contribution >= 4 is 11.9 Å². The molecule has 1 aromatic heterocycles. The number of anilines is 1. The second-order valence-electron chi connectivity index (χ2n) is 5.26. The lowest BCUT2D eigenvalue weighted by molar-refractivity contribution is 0.0953. The average molecular weight is 342 g/mol. The van der Waals surface area contributed by atoms with Crippen LogP contribution in [0.3, 0.4) is 0 Å². The summed E-state index contributed by atoms with van der Waals surface area (Å²) in [5.74, 6) is 1.44. The smallest absolute Gasteiger partial charge is 0.270 e. The van der Waals surface area contributed by atoms with Crippen molar-refractivity contribution < 1.29 is 14.3 Å². The van der Waals surface area contributed by atoms with Crippen LogP contribution in [0.5, 0.6) is 11.5 Å². The Morgan fingerprint density at radius 2 is 1.96 bits per heavy atom. The zero-order valence-corrected chi connectivity index (χ0v) is 14.6. The SMILES string of the molecule is C=CCNC(=O)c1cc(C)nc(NCc2ccc(OC)c(OC)c2)n1. The van der Waals surface area contributed by atoms with E-state index < -0.39 is 0 Å². The molecular weight excluding hydrogens is 320 g/mol. The minimum Gasteiger partial charge on any atom is -0.493 e. The summed E-state index contributed by atoms with van der Waals surface area (Å²) < 4.78 is 10.5. The number of carbonyl (C=O) groups is 1. The lowest BCUT2D eigenvalue weighted by Gasteiger charge is -2.11. The van der Waals surface area contributed by atoms with Crippen LogP contribution >= 0.6 is 0 Å². The fraction of sp³-hybridized carbons (Fsp3) is 0.278. The number of hydrogen-bond donors (Lipinski definition) is 2. The Bertz CT molecular complexity index is 762. The van der Waals surface area contributed by atoms with E-state index in [1.165, 1.54) is 0 Å². The molecule has 0 radical (unpaired) electrons. The molecule has 0 unspecified atom stereocenters. The van der Waals surface area contributed by atoms with E-state index in [9.17, 15) is 4.79 Å². The van der Waals surface area contributed by atoms with Gasteiger partial charge in [-0.2, -0.15) is 0 Å². The lowest BCUT2D eigenvalue weighted by atomic mass is 10.2. The van der Waals surface area contributed by atoms with Gasteiger partial charge in [-0.05, 0) is 30.7 Å². The minimum absolute atomic E-state index is 0.264. The van der Waals surface area contributed by atoms with E-state index in [4.69, 9.17) is 9.47 Å². The molecule has 1 heterocycles. The molecule has 2 aromatic rings. The number of benzene rings is 1. The van der Waals surface area contributed by atoms with Gasteiger partial charge in [-0.15, -0.1) is 6.58 Å². The fourth-order valence-electron chi connectivity index (χ4n) is 2.19. The highest BCUT2D eigenvalue weighted by Gasteiger charge is 2.10. The Hall–Kier alpha value is -3.09. The van der Waals surface area contributed by atoms with Crippen LogP contribution in [0.15, 0.2) is 36.9 Å². The molecule has 0 aliphatic rings. The molecule has 0 saturated heterocycles. The maximum Gasteiger partial charge on any atom is 0.270 e. The van der Waals surface area contributed by atoms with Gasteiger partial charge in [-0.25, -0.2) is 9.97 Å². The van der Waals surface area contributed by atoms with E-state index >= 15 is 0 Å². The Labute approximate surface area is 147 Å². The predicted octanol–water partition coefficient (Wildman–Crippen LogP) is 2.33. The monoisotopic (exact) mass is 342 g/mol. The number of amides is 1. The second kappa shape index (κ2) is 8.68. The van der Waals surface area contributed by atoms with Crippen LogP contribution in [-0.2, 0) is 6.54 Å². The van der Waals surface area contributed by atoms with Gasteiger partial charge in [0.25, 0.3) is 5.91 Å². The Balaban J connectivity index is 2.11. The summed E-state index contributed by atoms with van der Waals surface area (Å²) in [4.78, 5) is 20.6. The Morgan fingerprint density at radius 3 is 2.64 bits per heavy atom. The molecule has 2 N–H and O–H groups in total. The third kappa shape index (κ3) is 4.94. The van der Waals surface area contributed by atoms with Crippen LogP contribution in [0.1, 0.15) is 21.7 Å². The number of carbonyl (C=O) groups excluding carboxylic acids is 1. The number of nitrogens with zero attached hydrogens (tertiary/aromatic N) is 2. The standard InChI is InChI=1S/C18H22N4O3/c1-5-8-19-17(23)14-9-12(2)21-18(22-14)20-11-13-6-7-15(24-3)16(10-13)25-4/h5-7,9-10H,1,8,11H2,2-4H3,(H,19,23)(H,20,21,22). The molecule has 0 atom stereocenters. The van der Waals surface area contributed by atoms with Gasteiger partial charge in [0, 0.05) is 18.8 Å². The van der Waals surface area contributed by atoms with E-state index in [-0.39, 0.29) is 5.91 Å². The van der Waals surface area contributed by atoms with Crippen LogP contribution in [0.2, 0.25) is 0 Å². The molecule has 0 aliphatic carbocycles. The van der Waals surface area contributed by atoms with Crippen LogP contribution in [-0.4, -0.2) is 36.6 Å². The van der Waals surface area contributed by atoms with E-state index in [1.54, 1.807) is 26.4 Å².